The molecule has 0 aliphatic carbocycles. The van der Waals surface area contributed by atoms with E-state index in [9.17, 15) is 0 Å². The Morgan fingerprint density at radius 3 is 2.60 bits per heavy atom. The van der Waals surface area contributed by atoms with Crippen LogP contribution in [0.5, 0.6) is 0 Å². The van der Waals surface area contributed by atoms with Crippen molar-refractivity contribution in [1.29, 1.82) is 0 Å². The van der Waals surface area contributed by atoms with Gasteiger partial charge in [0.1, 0.15) is 11.3 Å². The maximum absolute atomic E-state index is 4.77. The zero-order chi connectivity index (χ0) is 17.6. The lowest BCUT2D eigenvalue weighted by molar-refractivity contribution is 0.595. The minimum Gasteiger partial charge on any atom is -0.328 e. The summed E-state index contributed by atoms with van der Waals surface area (Å²) in [5.74, 6) is 2.23. The smallest absolute Gasteiger partial charge is 0.187 e. The fraction of sp³-hybridized carbons (Fsp3) is 0.474. The van der Waals surface area contributed by atoms with Crippen molar-refractivity contribution >= 4 is 22.8 Å². The fourth-order valence-electron chi connectivity index (χ4n) is 3.01. The Bertz CT molecular complexity index is 829. The second-order valence-corrected chi connectivity index (χ2v) is 7.24. The molecule has 25 heavy (non-hydrogen) atoms. The Balaban J connectivity index is 1.57. The van der Waals surface area contributed by atoms with E-state index in [1.54, 1.807) is 24.2 Å². The van der Waals surface area contributed by atoms with Gasteiger partial charge < -0.3 is 4.57 Å². The van der Waals surface area contributed by atoms with Crippen molar-refractivity contribution in [1.82, 2.24) is 24.5 Å². The molecule has 0 aliphatic heterocycles. The second kappa shape index (κ2) is 8.43. The van der Waals surface area contributed by atoms with Crippen molar-refractivity contribution in [3.8, 4) is 0 Å². The first-order valence-corrected chi connectivity index (χ1v) is 9.90. The number of pyridine rings is 1. The zero-order valence-corrected chi connectivity index (χ0v) is 16.0. The molecule has 0 unspecified atom stereocenters. The van der Waals surface area contributed by atoms with E-state index >= 15 is 0 Å². The number of fused-ring (bicyclic) bond motifs is 1. The van der Waals surface area contributed by atoms with Gasteiger partial charge in [0.15, 0.2) is 5.16 Å². The number of thioether (sulfide) groups is 1. The average Bonchev–Trinajstić information content (AvgIpc) is 3.00. The van der Waals surface area contributed by atoms with Crippen LogP contribution >= 0.6 is 11.8 Å². The molecule has 3 aromatic rings. The van der Waals surface area contributed by atoms with E-state index in [0.29, 0.717) is 0 Å². The zero-order valence-electron chi connectivity index (χ0n) is 15.2. The fourth-order valence-corrected chi connectivity index (χ4v) is 3.82. The van der Waals surface area contributed by atoms with Crippen molar-refractivity contribution in [2.45, 2.75) is 58.2 Å². The molecule has 0 aliphatic rings. The highest BCUT2D eigenvalue weighted by Crippen LogP contribution is 2.23. The first-order chi connectivity index (χ1) is 12.2. The number of nitrogens with zero attached hydrogens (tertiary/aromatic N) is 5. The molecule has 0 N–H and O–H groups in total. The van der Waals surface area contributed by atoms with Gasteiger partial charge in [0.25, 0.3) is 0 Å². The quantitative estimate of drug-likeness (QED) is 0.341. The SMILES string of the molecule is CCc1nc2cnc(C)c(C)c2n1CCCCCSc1ncccn1. The molecular weight excluding hydrogens is 330 g/mol. The molecule has 3 aromatic heterocycles. The minimum absolute atomic E-state index is 0.870. The highest BCUT2D eigenvalue weighted by atomic mass is 32.2. The highest BCUT2D eigenvalue weighted by molar-refractivity contribution is 7.99. The Hall–Kier alpha value is -1.95. The molecule has 0 amide bonds. The molecule has 0 aromatic carbocycles. The summed E-state index contributed by atoms with van der Waals surface area (Å²) in [5.41, 5.74) is 4.63. The number of hydrogen-bond donors (Lipinski definition) is 0. The Morgan fingerprint density at radius 1 is 1.04 bits per heavy atom. The van der Waals surface area contributed by atoms with Gasteiger partial charge in [0.2, 0.25) is 0 Å². The van der Waals surface area contributed by atoms with Crippen LogP contribution in [-0.4, -0.2) is 30.3 Å². The summed E-state index contributed by atoms with van der Waals surface area (Å²) in [6.45, 7) is 7.42. The molecule has 6 heteroatoms. The lowest BCUT2D eigenvalue weighted by Gasteiger charge is -2.10. The molecule has 0 spiro atoms. The molecule has 3 heterocycles. The monoisotopic (exact) mass is 355 g/mol. The van der Waals surface area contributed by atoms with Crippen molar-refractivity contribution in [3.63, 3.8) is 0 Å². The van der Waals surface area contributed by atoms with Crippen LogP contribution in [-0.2, 0) is 13.0 Å². The Kier molecular flexibility index (Phi) is 6.02. The molecule has 0 saturated carbocycles. The van der Waals surface area contributed by atoms with E-state index in [-0.39, 0.29) is 0 Å². The van der Waals surface area contributed by atoms with Crippen molar-refractivity contribution in [3.05, 3.63) is 41.7 Å². The normalized spacial score (nSPS) is 11.3. The van der Waals surface area contributed by atoms with Crippen LogP contribution in [0.3, 0.4) is 0 Å². The maximum atomic E-state index is 4.77. The van der Waals surface area contributed by atoms with Gasteiger partial charge in [-0.15, -0.1) is 0 Å². The van der Waals surface area contributed by atoms with Crippen molar-refractivity contribution in [2.24, 2.45) is 0 Å². The van der Waals surface area contributed by atoms with Gasteiger partial charge in [-0.25, -0.2) is 15.0 Å². The third kappa shape index (κ3) is 4.18. The van der Waals surface area contributed by atoms with E-state index in [1.165, 1.54) is 23.9 Å². The van der Waals surface area contributed by atoms with Crippen LogP contribution in [0.1, 0.15) is 43.3 Å². The number of unbranched alkanes of at least 4 members (excludes halogenated alkanes) is 2. The standard InChI is InChI=1S/C19H25N5S/c1-4-17-23-16-13-22-15(3)14(2)18(16)24(17)11-6-5-7-12-25-19-20-9-8-10-21-19/h8-10,13H,4-7,11-12H2,1-3H3. The van der Waals surface area contributed by atoms with E-state index in [2.05, 4.69) is 40.3 Å². The predicted octanol–water partition coefficient (Wildman–Crippen LogP) is 4.36. The second-order valence-electron chi connectivity index (χ2n) is 6.18. The molecule has 3 rings (SSSR count). The summed E-state index contributed by atoms with van der Waals surface area (Å²) >= 11 is 1.73. The van der Waals surface area contributed by atoms with E-state index in [0.717, 1.165) is 47.3 Å². The predicted molar refractivity (Wildman–Crippen MR) is 103 cm³/mol. The van der Waals surface area contributed by atoms with Gasteiger partial charge in [0.05, 0.1) is 11.7 Å². The number of rotatable bonds is 8. The van der Waals surface area contributed by atoms with Crippen molar-refractivity contribution < 1.29 is 0 Å². The topological polar surface area (TPSA) is 56.5 Å². The lowest BCUT2D eigenvalue weighted by atomic mass is 10.2. The van der Waals surface area contributed by atoms with Gasteiger partial charge in [-0.3, -0.25) is 4.98 Å². The molecule has 0 bridgehead atoms. The molecule has 0 radical (unpaired) electrons. The minimum atomic E-state index is 0.870. The summed E-state index contributed by atoms with van der Waals surface area (Å²) < 4.78 is 2.40. The summed E-state index contributed by atoms with van der Waals surface area (Å²) in [7, 11) is 0. The van der Waals surface area contributed by atoms with E-state index < -0.39 is 0 Å². The lowest BCUT2D eigenvalue weighted by Crippen LogP contribution is -2.05. The van der Waals surface area contributed by atoms with Crippen LogP contribution in [0.4, 0.5) is 0 Å². The number of hydrogen-bond acceptors (Lipinski definition) is 5. The maximum Gasteiger partial charge on any atom is 0.187 e. The van der Waals surface area contributed by atoms with Crippen LogP contribution in [0.2, 0.25) is 0 Å². The summed E-state index contributed by atoms with van der Waals surface area (Å²) in [6, 6.07) is 1.85. The van der Waals surface area contributed by atoms with Gasteiger partial charge >= 0.3 is 0 Å². The number of imidazole rings is 1. The van der Waals surface area contributed by atoms with Crippen LogP contribution < -0.4 is 0 Å². The van der Waals surface area contributed by atoms with Crippen LogP contribution in [0, 0.1) is 13.8 Å². The largest absolute Gasteiger partial charge is 0.328 e. The third-order valence-corrected chi connectivity index (χ3v) is 5.43. The average molecular weight is 356 g/mol. The van der Waals surface area contributed by atoms with Crippen LogP contribution in [0.15, 0.2) is 29.8 Å². The van der Waals surface area contributed by atoms with Gasteiger partial charge in [-0.2, -0.15) is 0 Å². The Labute approximate surface area is 153 Å². The molecule has 132 valence electrons. The third-order valence-electron chi connectivity index (χ3n) is 4.47. The van der Waals surface area contributed by atoms with Crippen molar-refractivity contribution in [2.75, 3.05) is 5.75 Å². The summed E-state index contributed by atoms with van der Waals surface area (Å²) in [4.78, 5) is 17.7. The van der Waals surface area contributed by atoms with Crippen LogP contribution in [0.25, 0.3) is 11.0 Å². The highest BCUT2D eigenvalue weighted by Gasteiger charge is 2.13. The summed E-state index contributed by atoms with van der Waals surface area (Å²) in [6.07, 6.45) is 9.99. The summed E-state index contributed by atoms with van der Waals surface area (Å²) in [5, 5.41) is 0.870. The van der Waals surface area contributed by atoms with Gasteiger partial charge in [-0.1, -0.05) is 25.1 Å². The molecule has 5 nitrogen and oxygen atoms in total. The van der Waals surface area contributed by atoms with Gasteiger partial charge in [-0.05, 0) is 38.3 Å². The molecular formula is C19H25N5S. The molecule has 0 saturated heterocycles. The number of aromatic nitrogens is 5. The first-order valence-electron chi connectivity index (χ1n) is 8.91. The Morgan fingerprint density at radius 2 is 1.84 bits per heavy atom. The van der Waals surface area contributed by atoms with E-state index in [1.807, 2.05) is 12.3 Å². The molecule has 0 atom stereocenters. The molecule has 0 fully saturated rings. The van der Waals surface area contributed by atoms with E-state index in [4.69, 9.17) is 4.98 Å². The number of aryl methyl sites for hydroxylation is 4. The van der Waals surface area contributed by atoms with Gasteiger partial charge in [0, 0.05) is 36.8 Å². The first kappa shape index (κ1) is 17.9.